The van der Waals surface area contributed by atoms with Gasteiger partial charge in [-0.15, -0.1) is 0 Å². The second-order valence-electron chi connectivity index (χ2n) is 6.63. The van der Waals surface area contributed by atoms with Gasteiger partial charge in [0.1, 0.15) is 5.69 Å². The first-order valence-corrected chi connectivity index (χ1v) is 8.50. The van der Waals surface area contributed by atoms with E-state index in [1.165, 1.54) is 12.4 Å². The van der Waals surface area contributed by atoms with E-state index in [2.05, 4.69) is 16.9 Å². The molecule has 2 fully saturated rings. The molecular weight excluding hydrogens is 292 g/mol. The van der Waals surface area contributed by atoms with Crippen LogP contribution >= 0.6 is 0 Å². The maximum Gasteiger partial charge on any atom is 0.274 e. The fourth-order valence-electron chi connectivity index (χ4n) is 3.03. The number of likely N-dealkylation sites (tertiary alicyclic amines) is 1. The van der Waals surface area contributed by atoms with E-state index in [-0.39, 0.29) is 17.9 Å². The minimum atomic E-state index is -0.110. The Morgan fingerprint density at radius 1 is 1.22 bits per heavy atom. The normalized spacial score (nSPS) is 18.7. The molecule has 6 nitrogen and oxygen atoms in total. The summed E-state index contributed by atoms with van der Waals surface area (Å²) in [5, 5.41) is 0. The number of hydrogen-bond donors (Lipinski definition) is 0. The summed E-state index contributed by atoms with van der Waals surface area (Å²) in [6, 6.07) is 0.263. The summed E-state index contributed by atoms with van der Waals surface area (Å²) in [5.74, 6) is 0.760. The molecule has 1 saturated carbocycles. The molecule has 6 heteroatoms. The van der Waals surface area contributed by atoms with Crippen LogP contribution in [-0.4, -0.2) is 57.3 Å². The number of aromatic nitrogens is 2. The Hall–Kier alpha value is -1.98. The molecule has 0 bridgehead atoms. The molecule has 0 radical (unpaired) electrons. The number of amides is 2. The van der Waals surface area contributed by atoms with Gasteiger partial charge in [-0.05, 0) is 31.6 Å². The monoisotopic (exact) mass is 316 g/mol. The van der Waals surface area contributed by atoms with Gasteiger partial charge in [0.05, 0.1) is 6.20 Å². The summed E-state index contributed by atoms with van der Waals surface area (Å²) < 4.78 is 0. The van der Waals surface area contributed by atoms with Gasteiger partial charge < -0.3 is 9.80 Å². The Morgan fingerprint density at radius 2 is 1.96 bits per heavy atom. The summed E-state index contributed by atoms with van der Waals surface area (Å²) in [6.45, 7) is 4.41. The van der Waals surface area contributed by atoms with Crippen LogP contribution in [0.25, 0.3) is 0 Å². The lowest BCUT2D eigenvalue weighted by molar-refractivity contribution is -0.132. The van der Waals surface area contributed by atoms with E-state index in [1.54, 1.807) is 11.1 Å². The Balaban J connectivity index is 1.56. The van der Waals surface area contributed by atoms with Crippen molar-refractivity contribution in [3.63, 3.8) is 0 Å². The molecule has 1 aliphatic carbocycles. The van der Waals surface area contributed by atoms with Gasteiger partial charge in [-0.3, -0.25) is 14.6 Å². The molecule has 3 rings (SSSR count). The second-order valence-corrected chi connectivity index (χ2v) is 6.63. The minimum Gasteiger partial charge on any atom is -0.343 e. The third kappa shape index (κ3) is 4.06. The summed E-state index contributed by atoms with van der Waals surface area (Å²) in [4.78, 5) is 36.7. The molecule has 0 spiro atoms. The van der Waals surface area contributed by atoms with Crippen LogP contribution in [-0.2, 0) is 4.79 Å². The quantitative estimate of drug-likeness (QED) is 0.830. The maximum atomic E-state index is 12.6. The summed E-state index contributed by atoms with van der Waals surface area (Å²) in [7, 11) is 0. The molecule has 1 aromatic heterocycles. The van der Waals surface area contributed by atoms with Gasteiger partial charge in [-0.25, -0.2) is 4.98 Å². The van der Waals surface area contributed by atoms with Crippen molar-refractivity contribution in [2.24, 2.45) is 5.92 Å². The average Bonchev–Trinajstić information content (AvgIpc) is 3.41. The number of hydrogen-bond acceptors (Lipinski definition) is 4. The Kier molecular flexibility index (Phi) is 4.88. The van der Waals surface area contributed by atoms with Gasteiger partial charge in [0.25, 0.3) is 5.91 Å². The Morgan fingerprint density at radius 3 is 2.57 bits per heavy atom. The van der Waals surface area contributed by atoms with Crippen molar-refractivity contribution in [3.8, 4) is 0 Å². The van der Waals surface area contributed by atoms with E-state index < -0.39 is 0 Å². The maximum absolute atomic E-state index is 12.6. The summed E-state index contributed by atoms with van der Waals surface area (Å²) >= 11 is 0. The van der Waals surface area contributed by atoms with Crippen LogP contribution < -0.4 is 0 Å². The average molecular weight is 316 g/mol. The van der Waals surface area contributed by atoms with Crippen molar-refractivity contribution < 1.29 is 9.59 Å². The lowest BCUT2D eigenvalue weighted by atomic mass is 9.99. The largest absolute Gasteiger partial charge is 0.343 e. The van der Waals surface area contributed by atoms with E-state index >= 15 is 0 Å². The molecule has 124 valence electrons. The first kappa shape index (κ1) is 15.9. The van der Waals surface area contributed by atoms with Gasteiger partial charge in [-0.2, -0.15) is 0 Å². The number of piperidine rings is 1. The molecule has 0 aromatic carbocycles. The third-order valence-corrected chi connectivity index (χ3v) is 4.73. The number of rotatable bonds is 5. The molecular formula is C17H24N4O2. The van der Waals surface area contributed by atoms with Crippen molar-refractivity contribution in [1.82, 2.24) is 19.8 Å². The first-order valence-electron chi connectivity index (χ1n) is 8.50. The Bertz CT molecular complexity index is 551. The van der Waals surface area contributed by atoms with Crippen molar-refractivity contribution in [3.05, 3.63) is 24.3 Å². The third-order valence-electron chi connectivity index (χ3n) is 4.73. The lowest BCUT2D eigenvalue weighted by Gasteiger charge is -2.31. The SMILES string of the molecule is CC1CCN(C(=O)CCN(C(=O)c2cnccn2)C2CC2)CC1. The van der Waals surface area contributed by atoms with Gasteiger partial charge in [0.2, 0.25) is 5.91 Å². The minimum absolute atomic E-state index is 0.110. The zero-order valence-corrected chi connectivity index (χ0v) is 13.6. The van der Waals surface area contributed by atoms with Crippen LogP contribution in [0.15, 0.2) is 18.6 Å². The highest BCUT2D eigenvalue weighted by molar-refractivity contribution is 5.92. The van der Waals surface area contributed by atoms with Crippen LogP contribution in [0.4, 0.5) is 0 Å². The predicted molar refractivity (Wildman–Crippen MR) is 85.7 cm³/mol. The standard InChI is InChI=1S/C17H24N4O2/c1-13-4-9-20(10-5-13)16(22)6-11-21(14-2-3-14)17(23)15-12-18-7-8-19-15/h7-8,12-14H,2-6,9-11H2,1H3. The molecule has 1 aliphatic heterocycles. The van der Waals surface area contributed by atoms with Crippen LogP contribution in [0, 0.1) is 5.92 Å². The van der Waals surface area contributed by atoms with Gasteiger partial charge in [0, 0.05) is 44.5 Å². The van der Waals surface area contributed by atoms with Crippen LogP contribution in [0.3, 0.4) is 0 Å². The van der Waals surface area contributed by atoms with E-state index in [0.717, 1.165) is 38.8 Å². The van der Waals surface area contributed by atoms with Gasteiger partial charge in [-0.1, -0.05) is 6.92 Å². The van der Waals surface area contributed by atoms with Crippen LogP contribution in [0.5, 0.6) is 0 Å². The molecule has 2 amide bonds. The van der Waals surface area contributed by atoms with Crippen molar-refractivity contribution >= 4 is 11.8 Å². The molecule has 0 unspecified atom stereocenters. The number of carbonyl (C=O) groups is 2. The zero-order valence-electron chi connectivity index (χ0n) is 13.6. The zero-order chi connectivity index (χ0) is 16.2. The van der Waals surface area contributed by atoms with E-state index in [1.807, 2.05) is 4.90 Å². The summed E-state index contributed by atoms with van der Waals surface area (Å²) in [6.07, 6.45) is 9.16. The van der Waals surface area contributed by atoms with Gasteiger partial charge >= 0.3 is 0 Å². The number of carbonyl (C=O) groups excluding carboxylic acids is 2. The molecule has 2 aliphatic rings. The fraction of sp³-hybridized carbons (Fsp3) is 0.647. The lowest BCUT2D eigenvalue weighted by Crippen LogP contribution is -2.41. The first-order chi connectivity index (χ1) is 11.1. The van der Waals surface area contributed by atoms with E-state index in [9.17, 15) is 9.59 Å². The summed E-state index contributed by atoms with van der Waals surface area (Å²) in [5.41, 5.74) is 0.360. The highest BCUT2D eigenvalue weighted by Crippen LogP contribution is 2.28. The molecule has 0 N–H and O–H groups in total. The van der Waals surface area contributed by atoms with Crippen LogP contribution in [0.2, 0.25) is 0 Å². The number of nitrogens with zero attached hydrogens (tertiary/aromatic N) is 4. The second kappa shape index (κ2) is 7.06. The van der Waals surface area contributed by atoms with Crippen molar-refractivity contribution in [2.75, 3.05) is 19.6 Å². The van der Waals surface area contributed by atoms with E-state index in [0.29, 0.717) is 24.6 Å². The van der Waals surface area contributed by atoms with E-state index in [4.69, 9.17) is 0 Å². The highest BCUT2D eigenvalue weighted by Gasteiger charge is 2.34. The molecule has 23 heavy (non-hydrogen) atoms. The molecule has 1 saturated heterocycles. The van der Waals surface area contributed by atoms with Crippen LogP contribution in [0.1, 0.15) is 49.5 Å². The highest BCUT2D eigenvalue weighted by atomic mass is 16.2. The molecule has 1 aromatic rings. The fourth-order valence-corrected chi connectivity index (χ4v) is 3.03. The van der Waals surface area contributed by atoms with Crippen molar-refractivity contribution in [1.29, 1.82) is 0 Å². The van der Waals surface area contributed by atoms with Gasteiger partial charge in [0.15, 0.2) is 0 Å². The predicted octanol–water partition coefficient (Wildman–Crippen LogP) is 1.73. The Labute approximate surface area is 136 Å². The molecule has 0 atom stereocenters. The van der Waals surface area contributed by atoms with Crippen molar-refractivity contribution in [2.45, 2.75) is 45.1 Å². The molecule has 2 heterocycles. The topological polar surface area (TPSA) is 66.4 Å². The smallest absolute Gasteiger partial charge is 0.274 e.